The van der Waals surface area contributed by atoms with Crippen LogP contribution in [0.4, 0.5) is 0 Å². The molecule has 2 saturated heterocycles. The van der Waals surface area contributed by atoms with E-state index < -0.39 is 0 Å². The maximum absolute atomic E-state index is 12.1. The van der Waals surface area contributed by atoms with Gasteiger partial charge in [0.05, 0.1) is 0 Å². The Morgan fingerprint density at radius 2 is 2.10 bits per heavy atom. The van der Waals surface area contributed by atoms with Crippen molar-refractivity contribution in [3.8, 4) is 5.88 Å². The fourth-order valence-corrected chi connectivity index (χ4v) is 3.42. The number of hydrogen-bond donors (Lipinski definition) is 0. The molecule has 3 rings (SSSR count). The molecule has 1 amide bonds. The molecule has 1 aromatic heterocycles. The lowest BCUT2D eigenvalue weighted by atomic mass is 9.99. The molecule has 2 aliphatic heterocycles. The number of hydrogen-bond acceptors (Lipinski definition) is 4. The molecule has 3 heterocycles. The zero-order chi connectivity index (χ0) is 13.9. The first-order chi connectivity index (χ1) is 9.78. The molecule has 5 heteroatoms. The van der Waals surface area contributed by atoms with Crippen LogP contribution in [0.1, 0.15) is 25.7 Å². The van der Waals surface area contributed by atoms with Crippen LogP contribution in [0.3, 0.4) is 0 Å². The zero-order valence-corrected chi connectivity index (χ0v) is 11.7. The molecule has 5 nitrogen and oxygen atoms in total. The Labute approximate surface area is 118 Å². The molecule has 2 bridgehead atoms. The third-order valence-corrected chi connectivity index (χ3v) is 4.17. The number of methoxy groups -OCH3 is 1. The summed E-state index contributed by atoms with van der Waals surface area (Å²) in [6, 6.07) is 6.27. The lowest BCUT2D eigenvalue weighted by Crippen LogP contribution is -2.50. The molecule has 1 aromatic rings. The first-order valence-corrected chi connectivity index (χ1v) is 7.15. The molecule has 108 valence electrons. The quantitative estimate of drug-likeness (QED) is 0.838. The molecule has 2 unspecified atom stereocenters. The van der Waals surface area contributed by atoms with E-state index in [1.165, 1.54) is 0 Å². The van der Waals surface area contributed by atoms with Crippen molar-refractivity contribution in [2.45, 2.75) is 43.9 Å². The van der Waals surface area contributed by atoms with Crippen molar-refractivity contribution in [2.24, 2.45) is 0 Å². The summed E-state index contributed by atoms with van der Waals surface area (Å²) in [7, 11) is 1.57. The van der Waals surface area contributed by atoms with E-state index in [9.17, 15) is 4.79 Å². The van der Waals surface area contributed by atoms with Crippen molar-refractivity contribution in [3.05, 3.63) is 24.4 Å². The number of nitrogens with zero attached hydrogens (tertiary/aromatic N) is 2. The molecule has 0 radical (unpaired) electrons. The zero-order valence-electron chi connectivity index (χ0n) is 11.7. The van der Waals surface area contributed by atoms with Crippen molar-refractivity contribution in [1.82, 2.24) is 9.88 Å². The molecular weight excluding hydrogens is 256 g/mol. The van der Waals surface area contributed by atoms with Crippen molar-refractivity contribution in [1.29, 1.82) is 0 Å². The van der Waals surface area contributed by atoms with Crippen molar-refractivity contribution in [3.63, 3.8) is 0 Å². The Morgan fingerprint density at radius 1 is 1.35 bits per heavy atom. The van der Waals surface area contributed by atoms with Gasteiger partial charge in [-0.2, -0.15) is 0 Å². The van der Waals surface area contributed by atoms with Crippen molar-refractivity contribution >= 4 is 5.91 Å². The average Bonchev–Trinajstić information content (AvgIpc) is 2.72. The van der Waals surface area contributed by atoms with Gasteiger partial charge >= 0.3 is 0 Å². The number of piperidine rings is 1. The van der Waals surface area contributed by atoms with E-state index in [0.29, 0.717) is 18.0 Å². The highest BCUT2D eigenvalue weighted by Crippen LogP contribution is 2.37. The van der Waals surface area contributed by atoms with Crippen LogP contribution in [0.5, 0.6) is 5.88 Å². The summed E-state index contributed by atoms with van der Waals surface area (Å²) in [5.41, 5.74) is 0. The van der Waals surface area contributed by atoms with Crippen LogP contribution in [0.15, 0.2) is 24.4 Å². The first-order valence-electron chi connectivity index (χ1n) is 7.15. The average molecular weight is 276 g/mol. The molecule has 0 N–H and O–H groups in total. The van der Waals surface area contributed by atoms with Crippen LogP contribution in [-0.2, 0) is 9.53 Å². The highest BCUT2D eigenvalue weighted by molar-refractivity contribution is 5.78. The largest absolute Gasteiger partial charge is 0.474 e. The molecule has 20 heavy (non-hydrogen) atoms. The SMILES string of the molecule is COCC(=O)N1C2CCC1CC(Oc1ccccn1)C2. The van der Waals surface area contributed by atoms with Gasteiger partial charge in [-0.1, -0.05) is 6.07 Å². The van der Waals surface area contributed by atoms with Crippen molar-refractivity contribution < 1.29 is 14.3 Å². The van der Waals surface area contributed by atoms with Crippen molar-refractivity contribution in [2.75, 3.05) is 13.7 Å². The minimum absolute atomic E-state index is 0.108. The number of carbonyl (C=O) groups excluding carboxylic acids is 1. The second-order valence-electron chi connectivity index (χ2n) is 5.50. The summed E-state index contributed by atoms with van der Waals surface area (Å²) in [6.07, 6.45) is 5.82. The van der Waals surface area contributed by atoms with Crippen LogP contribution in [-0.4, -0.2) is 47.7 Å². The monoisotopic (exact) mass is 276 g/mol. The molecule has 2 fully saturated rings. The van der Waals surface area contributed by atoms with E-state index >= 15 is 0 Å². The van der Waals surface area contributed by atoms with Crippen LogP contribution < -0.4 is 4.74 Å². The standard InChI is InChI=1S/C15H20N2O3/c1-19-10-15(18)17-11-5-6-12(17)9-13(8-11)20-14-4-2-3-7-16-14/h2-4,7,11-13H,5-6,8-10H2,1H3. The highest BCUT2D eigenvalue weighted by atomic mass is 16.5. The lowest BCUT2D eigenvalue weighted by Gasteiger charge is -2.38. The normalized spacial score (nSPS) is 28.4. The molecule has 0 spiro atoms. The van der Waals surface area contributed by atoms with Crippen LogP contribution in [0.25, 0.3) is 0 Å². The minimum atomic E-state index is 0.108. The van der Waals surface area contributed by atoms with Gasteiger partial charge in [0.25, 0.3) is 0 Å². The van der Waals surface area contributed by atoms with Gasteiger partial charge in [0.15, 0.2) is 0 Å². The number of ether oxygens (including phenoxy) is 2. The first kappa shape index (κ1) is 13.4. The number of pyridine rings is 1. The van der Waals surface area contributed by atoms with Gasteiger partial charge in [-0.3, -0.25) is 4.79 Å². The van der Waals surface area contributed by atoms with Gasteiger partial charge in [-0.15, -0.1) is 0 Å². The van der Waals surface area contributed by atoms with E-state index in [0.717, 1.165) is 25.7 Å². The smallest absolute Gasteiger partial charge is 0.249 e. The third-order valence-electron chi connectivity index (χ3n) is 4.17. The number of fused-ring (bicyclic) bond motifs is 2. The second kappa shape index (κ2) is 5.79. The minimum Gasteiger partial charge on any atom is -0.474 e. The van der Waals surface area contributed by atoms with Gasteiger partial charge in [0, 0.05) is 44.3 Å². The summed E-state index contributed by atoms with van der Waals surface area (Å²) in [4.78, 5) is 18.3. The molecule has 0 aromatic carbocycles. The van der Waals surface area contributed by atoms with E-state index in [4.69, 9.17) is 9.47 Å². The van der Waals surface area contributed by atoms with Gasteiger partial charge in [-0.05, 0) is 18.9 Å². The summed E-state index contributed by atoms with van der Waals surface area (Å²) >= 11 is 0. The van der Waals surface area contributed by atoms with Gasteiger partial charge in [0.1, 0.15) is 12.7 Å². The fourth-order valence-electron chi connectivity index (χ4n) is 3.42. The Kier molecular flexibility index (Phi) is 3.87. The van der Waals surface area contributed by atoms with E-state index in [1.54, 1.807) is 13.3 Å². The molecule has 0 aliphatic carbocycles. The summed E-state index contributed by atoms with van der Waals surface area (Å²) in [5.74, 6) is 0.782. The molecule has 0 saturated carbocycles. The van der Waals surface area contributed by atoms with Gasteiger partial charge in [-0.25, -0.2) is 4.98 Å². The Hall–Kier alpha value is -1.62. The molecule has 2 atom stereocenters. The molecular formula is C15H20N2O3. The fraction of sp³-hybridized carbons (Fsp3) is 0.600. The number of rotatable bonds is 4. The summed E-state index contributed by atoms with van der Waals surface area (Å²) < 4.78 is 10.9. The topological polar surface area (TPSA) is 51.7 Å². The summed E-state index contributed by atoms with van der Waals surface area (Å²) in [5, 5.41) is 0. The Morgan fingerprint density at radius 3 is 2.70 bits per heavy atom. The second-order valence-corrected chi connectivity index (χ2v) is 5.50. The maximum atomic E-state index is 12.1. The number of carbonyl (C=O) groups is 1. The Bertz CT molecular complexity index is 451. The van der Waals surface area contributed by atoms with Crippen LogP contribution >= 0.6 is 0 Å². The third kappa shape index (κ3) is 2.63. The van der Waals surface area contributed by atoms with E-state index in [2.05, 4.69) is 4.98 Å². The van der Waals surface area contributed by atoms with Gasteiger partial charge in [0.2, 0.25) is 11.8 Å². The predicted molar refractivity (Wildman–Crippen MR) is 73.4 cm³/mol. The highest BCUT2D eigenvalue weighted by Gasteiger charge is 2.43. The predicted octanol–water partition coefficient (Wildman–Crippen LogP) is 1.63. The van der Waals surface area contributed by atoms with E-state index in [1.807, 2.05) is 23.1 Å². The van der Waals surface area contributed by atoms with Crippen LogP contribution in [0.2, 0.25) is 0 Å². The number of aromatic nitrogens is 1. The number of amides is 1. The lowest BCUT2D eigenvalue weighted by molar-refractivity contribution is -0.141. The molecule has 2 aliphatic rings. The summed E-state index contributed by atoms with van der Waals surface area (Å²) in [6.45, 7) is 0.179. The van der Waals surface area contributed by atoms with Gasteiger partial charge < -0.3 is 14.4 Å². The van der Waals surface area contributed by atoms with E-state index in [-0.39, 0.29) is 18.6 Å². The maximum Gasteiger partial charge on any atom is 0.249 e. The van der Waals surface area contributed by atoms with Crippen LogP contribution in [0, 0.1) is 0 Å². The Balaban J connectivity index is 1.63.